The lowest BCUT2D eigenvalue weighted by molar-refractivity contribution is -0.138. The lowest BCUT2D eigenvalue weighted by Gasteiger charge is -2.37. The van der Waals surface area contributed by atoms with Crippen LogP contribution in [0, 0.1) is 11.6 Å². The van der Waals surface area contributed by atoms with E-state index in [1.807, 2.05) is 10.2 Å². The second kappa shape index (κ2) is 12.9. The first-order chi connectivity index (χ1) is 18.3. The molecular formula is C24H25ClF5N5O4. The highest BCUT2D eigenvalue weighted by Gasteiger charge is 2.29. The molecule has 39 heavy (non-hydrogen) atoms. The topological polar surface area (TPSA) is 114 Å². The van der Waals surface area contributed by atoms with Gasteiger partial charge in [-0.3, -0.25) is 14.5 Å². The highest BCUT2D eigenvalue weighted by Crippen LogP contribution is 2.31. The first-order valence-corrected chi connectivity index (χ1v) is 12.1. The largest absolute Gasteiger partial charge is 0.465 e. The van der Waals surface area contributed by atoms with Crippen LogP contribution in [0.1, 0.15) is 22.3 Å². The van der Waals surface area contributed by atoms with Crippen molar-refractivity contribution in [2.75, 3.05) is 49.5 Å². The molecule has 3 amide bonds. The predicted molar refractivity (Wildman–Crippen MR) is 133 cm³/mol. The maximum Gasteiger partial charge on any atom is 0.405 e. The molecule has 15 heteroatoms. The zero-order valence-electron chi connectivity index (χ0n) is 20.4. The fraction of sp³-hybridized carbons (Fsp3) is 0.375. The van der Waals surface area contributed by atoms with Crippen LogP contribution in [-0.2, 0) is 11.3 Å². The molecule has 0 bridgehead atoms. The molecule has 0 unspecified atom stereocenters. The second-order valence-corrected chi connectivity index (χ2v) is 9.08. The number of amides is 3. The summed E-state index contributed by atoms with van der Waals surface area (Å²) in [5, 5.41) is 15.4. The molecule has 1 fully saturated rings. The van der Waals surface area contributed by atoms with Crippen LogP contribution in [0.15, 0.2) is 30.3 Å². The summed E-state index contributed by atoms with van der Waals surface area (Å²) in [5.41, 5.74) is -0.145. The molecule has 1 heterocycles. The van der Waals surface area contributed by atoms with Crippen LogP contribution in [0.5, 0.6) is 0 Å². The molecule has 0 aliphatic carbocycles. The molecule has 0 atom stereocenters. The molecule has 3 rings (SSSR count). The Morgan fingerprint density at radius 3 is 2.31 bits per heavy atom. The van der Waals surface area contributed by atoms with E-state index in [-0.39, 0.29) is 17.8 Å². The Kier molecular flexibility index (Phi) is 9.92. The van der Waals surface area contributed by atoms with Gasteiger partial charge in [0.15, 0.2) is 11.6 Å². The van der Waals surface area contributed by atoms with Gasteiger partial charge < -0.3 is 26.0 Å². The van der Waals surface area contributed by atoms with Gasteiger partial charge in [-0.15, -0.1) is 0 Å². The van der Waals surface area contributed by atoms with E-state index in [9.17, 15) is 36.3 Å². The van der Waals surface area contributed by atoms with Crippen molar-refractivity contribution in [1.82, 2.24) is 15.5 Å². The third-order valence-electron chi connectivity index (χ3n) is 5.92. The van der Waals surface area contributed by atoms with E-state index in [1.165, 1.54) is 12.1 Å². The summed E-state index contributed by atoms with van der Waals surface area (Å²) >= 11 is 6.12. The standard InChI is InChI=1S/C24H25ClF5N5O4/c25-15-2-4-17(18(11-15)35-9-7-34(8-10-35)6-5-24(28,29)30)33-22(37)16-3-1-14(20(26)21(16)27)12-31-19(36)13-32-23(38)39/h1-4,11,32H,5-10,12-13H2,(H,31,36)(H,33,37)(H,38,39). The number of nitrogens with zero attached hydrogens (tertiary/aromatic N) is 2. The van der Waals surface area contributed by atoms with E-state index >= 15 is 0 Å². The van der Waals surface area contributed by atoms with Gasteiger partial charge in [-0.25, -0.2) is 13.6 Å². The predicted octanol–water partition coefficient (Wildman–Crippen LogP) is 3.83. The Morgan fingerprint density at radius 1 is 0.974 bits per heavy atom. The van der Waals surface area contributed by atoms with Crippen molar-refractivity contribution < 1.29 is 41.4 Å². The van der Waals surface area contributed by atoms with Crippen LogP contribution in [0.3, 0.4) is 0 Å². The van der Waals surface area contributed by atoms with E-state index < -0.39 is 60.8 Å². The quantitative estimate of drug-likeness (QED) is 0.337. The number of halogens is 6. The van der Waals surface area contributed by atoms with E-state index in [0.717, 1.165) is 12.1 Å². The average molecular weight is 578 g/mol. The first kappa shape index (κ1) is 29.9. The zero-order valence-corrected chi connectivity index (χ0v) is 21.1. The third-order valence-corrected chi connectivity index (χ3v) is 6.15. The number of carboxylic acid groups (broad SMARTS) is 1. The van der Waals surface area contributed by atoms with Crippen LogP contribution >= 0.6 is 11.6 Å². The molecule has 2 aromatic rings. The molecule has 1 aliphatic heterocycles. The van der Waals surface area contributed by atoms with Crippen molar-refractivity contribution in [3.63, 3.8) is 0 Å². The first-order valence-electron chi connectivity index (χ1n) is 11.7. The van der Waals surface area contributed by atoms with Crippen LogP contribution < -0.4 is 20.9 Å². The van der Waals surface area contributed by atoms with Crippen molar-refractivity contribution >= 4 is 40.9 Å². The third kappa shape index (κ3) is 8.68. The number of carbonyl (C=O) groups is 3. The van der Waals surface area contributed by atoms with Crippen molar-refractivity contribution in [1.29, 1.82) is 0 Å². The Bertz CT molecular complexity index is 1220. The molecule has 1 aliphatic rings. The van der Waals surface area contributed by atoms with Gasteiger partial charge in [-0.2, -0.15) is 13.2 Å². The molecule has 212 valence electrons. The smallest absolute Gasteiger partial charge is 0.405 e. The summed E-state index contributed by atoms with van der Waals surface area (Å²) in [6.07, 6.45) is -6.59. The molecule has 0 saturated carbocycles. The lowest BCUT2D eigenvalue weighted by atomic mass is 10.1. The Balaban J connectivity index is 1.67. The van der Waals surface area contributed by atoms with Gasteiger partial charge in [-0.1, -0.05) is 17.7 Å². The van der Waals surface area contributed by atoms with Gasteiger partial charge in [0.25, 0.3) is 5.91 Å². The molecule has 4 N–H and O–H groups in total. The number of rotatable bonds is 9. The Morgan fingerprint density at radius 2 is 1.67 bits per heavy atom. The Hall–Kier alpha value is -3.65. The van der Waals surface area contributed by atoms with E-state index in [4.69, 9.17) is 16.7 Å². The number of benzene rings is 2. The average Bonchev–Trinajstić information content (AvgIpc) is 2.88. The van der Waals surface area contributed by atoms with E-state index in [1.54, 1.807) is 11.0 Å². The molecule has 0 aromatic heterocycles. The molecule has 0 spiro atoms. The normalized spacial score (nSPS) is 14.2. The minimum Gasteiger partial charge on any atom is -0.465 e. The van der Waals surface area contributed by atoms with Crippen LogP contribution in [0.4, 0.5) is 38.1 Å². The number of hydrogen-bond acceptors (Lipinski definition) is 5. The molecule has 9 nitrogen and oxygen atoms in total. The second-order valence-electron chi connectivity index (χ2n) is 8.65. The number of anilines is 2. The van der Waals surface area contributed by atoms with Crippen molar-refractivity contribution in [2.24, 2.45) is 0 Å². The highest BCUT2D eigenvalue weighted by atomic mass is 35.5. The van der Waals surface area contributed by atoms with Crippen LogP contribution in [-0.4, -0.2) is 73.4 Å². The molecule has 2 aromatic carbocycles. The van der Waals surface area contributed by atoms with Gasteiger partial charge >= 0.3 is 12.3 Å². The minimum atomic E-state index is -4.25. The maximum atomic E-state index is 14.8. The summed E-state index contributed by atoms with van der Waals surface area (Å²) < 4.78 is 67.0. The number of hydrogen-bond donors (Lipinski definition) is 4. The van der Waals surface area contributed by atoms with Crippen LogP contribution in [0.25, 0.3) is 0 Å². The van der Waals surface area contributed by atoms with Gasteiger partial charge in [0, 0.05) is 49.9 Å². The summed E-state index contributed by atoms with van der Waals surface area (Å²) in [5.74, 6) is -4.53. The summed E-state index contributed by atoms with van der Waals surface area (Å²) in [6.45, 7) is 0.256. The van der Waals surface area contributed by atoms with E-state index in [2.05, 4.69) is 10.6 Å². The van der Waals surface area contributed by atoms with Gasteiger partial charge in [-0.05, 0) is 24.3 Å². The van der Waals surface area contributed by atoms with Gasteiger partial charge in [0.2, 0.25) is 5.91 Å². The number of nitrogens with one attached hydrogen (secondary N) is 3. The highest BCUT2D eigenvalue weighted by molar-refractivity contribution is 6.31. The zero-order chi connectivity index (χ0) is 28.7. The molecule has 1 saturated heterocycles. The van der Waals surface area contributed by atoms with Gasteiger partial charge in [0.1, 0.15) is 0 Å². The fourth-order valence-electron chi connectivity index (χ4n) is 3.87. The lowest BCUT2D eigenvalue weighted by Crippen LogP contribution is -2.47. The number of alkyl halides is 3. The fourth-order valence-corrected chi connectivity index (χ4v) is 4.04. The number of piperazine rings is 1. The van der Waals surface area contributed by atoms with Gasteiger partial charge in [0.05, 0.1) is 29.9 Å². The van der Waals surface area contributed by atoms with E-state index in [0.29, 0.717) is 36.9 Å². The monoisotopic (exact) mass is 577 g/mol. The molecular weight excluding hydrogens is 553 g/mol. The van der Waals surface area contributed by atoms with Crippen LogP contribution in [0.2, 0.25) is 5.02 Å². The summed E-state index contributed by atoms with van der Waals surface area (Å²) in [7, 11) is 0. The minimum absolute atomic E-state index is 0.125. The summed E-state index contributed by atoms with van der Waals surface area (Å²) in [4.78, 5) is 38.4. The molecule has 0 radical (unpaired) electrons. The maximum absolute atomic E-state index is 14.8. The van der Waals surface area contributed by atoms with Crippen molar-refractivity contribution in [3.05, 3.63) is 58.1 Å². The Labute approximate surface area is 224 Å². The van der Waals surface area contributed by atoms with Crippen molar-refractivity contribution in [2.45, 2.75) is 19.1 Å². The number of carbonyl (C=O) groups excluding carboxylic acids is 2. The van der Waals surface area contributed by atoms with Crippen molar-refractivity contribution in [3.8, 4) is 0 Å². The summed E-state index contributed by atoms with van der Waals surface area (Å²) in [6, 6.07) is 6.68. The SMILES string of the molecule is O=C(O)NCC(=O)NCc1ccc(C(=O)Nc2ccc(Cl)cc2N2CCN(CCC(F)(F)F)CC2)c(F)c1F.